The molecule has 0 aliphatic carbocycles. The molecule has 0 aliphatic heterocycles. The Balaban J connectivity index is 2.11. The molecule has 6 nitrogen and oxygen atoms in total. The third-order valence-corrected chi connectivity index (χ3v) is 4.56. The van der Waals surface area contributed by atoms with Gasteiger partial charge < -0.3 is 5.32 Å². The third-order valence-electron chi connectivity index (χ3n) is 4.12. The first-order valence-corrected chi connectivity index (χ1v) is 9.40. The van der Waals surface area contributed by atoms with E-state index in [9.17, 15) is 9.59 Å². The van der Waals surface area contributed by atoms with Crippen molar-refractivity contribution in [1.29, 1.82) is 0 Å². The average molecular weight is 407 g/mol. The number of halogens is 2. The largest absolute Gasteiger partial charge is 0.352 e. The Bertz CT molecular complexity index is 1050. The minimum atomic E-state index is -0.264. The van der Waals surface area contributed by atoms with Crippen LogP contribution in [0.2, 0.25) is 10.0 Å². The van der Waals surface area contributed by atoms with E-state index in [4.69, 9.17) is 23.2 Å². The van der Waals surface area contributed by atoms with Gasteiger partial charge in [0.1, 0.15) is 6.54 Å². The highest BCUT2D eigenvalue weighted by molar-refractivity contribution is 6.35. The van der Waals surface area contributed by atoms with Crippen molar-refractivity contribution in [3.63, 3.8) is 0 Å². The van der Waals surface area contributed by atoms with E-state index in [1.54, 1.807) is 29.0 Å². The Morgan fingerprint density at radius 1 is 1.11 bits per heavy atom. The molecule has 1 amide bonds. The normalized spacial score (nSPS) is 11.3. The van der Waals surface area contributed by atoms with Gasteiger partial charge in [0.05, 0.1) is 5.52 Å². The molecule has 2 aromatic heterocycles. The summed E-state index contributed by atoms with van der Waals surface area (Å²) in [5, 5.41) is 3.84. The van der Waals surface area contributed by atoms with Crippen LogP contribution in [0.15, 0.2) is 35.3 Å². The van der Waals surface area contributed by atoms with E-state index in [0.29, 0.717) is 27.8 Å². The summed E-state index contributed by atoms with van der Waals surface area (Å²) in [6.07, 6.45) is 1.65. The third kappa shape index (κ3) is 4.01. The standard InChI is InChI=1S/C19H20Cl2N4O2/c1-4-24-16-7-13(12-5-14(20)8-15(21)6-12)9-22-18(16)25(19(24)27)10-17(26)23-11(2)3/h5-9,11H,4,10H2,1-3H3,(H,23,26). The number of carbonyl (C=O) groups is 1. The first-order valence-electron chi connectivity index (χ1n) is 8.65. The summed E-state index contributed by atoms with van der Waals surface area (Å²) >= 11 is 12.2. The van der Waals surface area contributed by atoms with Crippen LogP contribution < -0.4 is 11.0 Å². The van der Waals surface area contributed by atoms with E-state index in [2.05, 4.69) is 10.3 Å². The summed E-state index contributed by atoms with van der Waals surface area (Å²) in [5.41, 5.74) is 2.46. The van der Waals surface area contributed by atoms with Crippen molar-refractivity contribution in [2.24, 2.45) is 0 Å². The second-order valence-corrected chi connectivity index (χ2v) is 7.43. The van der Waals surface area contributed by atoms with Crippen molar-refractivity contribution in [2.75, 3.05) is 0 Å². The maximum absolute atomic E-state index is 12.8. The van der Waals surface area contributed by atoms with Crippen molar-refractivity contribution < 1.29 is 4.79 Å². The maximum Gasteiger partial charge on any atom is 0.330 e. The number of hydrogen-bond acceptors (Lipinski definition) is 3. The molecule has 0 fully saturated rings. The van der Waals surface area contributed by atoms with Gasteiger partial charge in [0, 0.05) is 34.4 Å². The molecule has 0 bridgehead atoms. The molecule has 0 saturated carbocycles. The van der Waals surface area contributed by atoms with E-state index in [1.165, 1.54) is 4.57 Å². The first kappa shape index (κ1) is 19.5. The molecule has 1 N–H and O–H groups in total. The Labute approximate surface area is 166 Å². The van der Waals surface area contributed by atoms with Gasteiger partial charge in [0.2, 0.25) is 5.91 Å². The van der Waals surface area contributed by atoms with Crippen LogP contribution in [0, 0.1) is 0 Å². The number of aromatic nitrogens is 3. The lowest BCUT2D eigenvalue weighted by molar-refractivity contribution is -0.122. The minimum Gasteiger partial charge on any atom is -0.352 e. The van der Waals surface area contributed by atoms with Crippen molar-refractivity contribution in [1.82, 2.24) is 19.4 Å². The van der Waals surface area contributed by atoms with Crippen LogP contribution in [0.3, 0.4) is 0 Å². The second kappa shape index (κ2) is 7.74. The van der Waals surface area contributed by atoms with Gasteiger partial charge in [-0.2, -0.15) is 0 Å². The lowest BCUT2D eigenvalue weighted by Gasteiger charge is -2.08. The van der Waals surface area contributed by atoms with Gasteiger partial charge in [0.15, 0.2) is 5.65 Å². The topological polar surface area (TPSA) is 68.9 Å². The molecule has 0 spiro atoms. The summed E-state index contributed by atoms with van der Waals surface area (Å²) in [4.78, 5) is 29.4. The molecule has 0 unspecified atom stereocenters. The number of rotatable bonds is 5. The number of carbonyl (C=O) groups excluding carboxylic acids is 1. The lowest BCUT2D eigenvalue weighted by atomic mass is 10.1. The zero-order valence-corrected chi connectivity index (χ0v) is 16.8. The van der Waals surface area contributed by atoms with Crippen LogP contribution >= 0.6 is 23.2 Å². The zero-order valence-electron chi connectivity index (χ0n) is 15.3. The van der Waals surface area contributed by atoms with Crippen molar-refractivity contribution >= 4 is 40.3 Å². The molecular formula is C19H20Cl2N4O2. The highest BCUT2D eigenvalue weighted by atomic mass is 35.5. The summed E-state index contributed by atoms with van der Waals surface area (Å²) in [7, 11) is 0. The van der Waals surface area contributed by atoms with Gasteiger partial charge in [-0.05, 0) is 50.6 Å². The van der Waals surface area contributed by atoms with Gasteiger partial charge in [-0.25, -0.2) is 9.78 Å². The monoisotopic (exact) mass is 406 g/mol. The van der Waals surface area contributed by atoms with E-state index >= 15 is 0 Å². The van der Waals surface area contributed by atoms with Crippen LogP contribution in [-0.4, -0.2) is 26.1 Å². The minimum absolute atomic E-state index is 0.000124. The molecule has 0 saturated heterocycles. The van der Waals surface area contributed by atoms with E-state index in [1.807, 2.05) is 26.8 Å². The summed E-state index contributed by atoms with van der Waals surface area (Å²) in [6.45, 7) is 6.01. The molecule has 3 rings (SSSR count). The van der Waals surface area contributed by atoms with Gasteiger partial charge in [0.25, 0.3) is 0 Å². The Morgan fingerprint density at radius 2 is 1.78 bits per heavy atom. The van der Waals surface area contributed by atoms with Crippen LogP contribution in [-0.2, 0) is 17.9 Å². The van der Waals surface area contributed by atoms with E-state index in [0.717, 1.165) is 11.1 Å². The fraction of sp³-hybridized carbons (Fsp3) is 0.316. The lowest BCUT2D eigenvalue weighted by Crippen LogP contribution is -2.36. The zero-order chi connectivity index (χ0) is 19.7. The molecule has 1 aromatic carbocycles. The first-order chi connectivity index (χ1) is 12.8. The number of imidazole rings is 1. The van der Waals surface area contributed by atoms with Crippen LogP contribution in [0.25, 0.3) is 22.3 Å². The fourth-order valence-corrected chi connectivity index (χ4v) is 3.56. The molecule has 142 valence electrons. The Hall–Kier alpha value is -2.31. The smallest absolute Gasteiger partial charge is 0.330 e. The molecule has 3 aromatic rings. The fourth-order valence-electron chi connectivity index (χ4n) is 3.03. The van der Waals surface area contributed by atoms with E-state index < -0.39 is 0 Å². The van der Waals surface area contributed by atoms with Crippen molar-refractivity contribution in [2.45, 2.75) is 39.9 Å². The molecule has 8 heteroatoms. The van der Waals surface area contributed by atoms with Crippen LogP contribution in [0.5, 0.6) is 0 Å². The van der Waals surface area contributed by atoms with E-state index in [-0.39, 0.29) is 24.2 Å². The highest BCUT2D eigenvalue weighted by Crippen LogP contribution is 2.28. The number of pyridine rings is 1. The molecule has 0 atom stereocenters. The number of nitrogens with zero attached hydrogens (tertiary/aromatic N) is 3. The van der Waals surface area contributed by atoms with Gasteiger partial charge in [-0.3, -0.25) is 13.9 Å². The van der Waals surface area contributed by atoms with Gasteiger partial charge in [-0.15, -0.1) is 0 Å². The van der Waals surface area contributed by atoms with Crippen LogP contribution in [0.4, 0.5) is 0 Å². The summed E-state index contributed by atoms with van der Waals surface area (Å²) < 4.78 is 2.99. The molecule has 2 heterocycles. The van der Waals surface area contributed by atoms with Gasteiger partial charge in [-0.1, -0.05) is 23.2 Å². The SMILES string of the molecule is CCn1c(=O)n(CC(=O)NC(C)C)c2ncc(-c3cc(Cl)cc(Cl)c3)cc21. The molecule has 0 aliphatic rings. The highest BCUT2D eigenvalue weighted by Gasteiger charge is 2.17. The van der Waals surface area contributed by atoms with Crippen molar-refractivity contribution in [3.8, 4) is 11.1 Å². The quantitative estimate of drug-likeness (QED) is 0.701. The number of fused-ring (bicyclic) bond motifs is 1. The molecular weight excluding hydrogens is 387 g/mol. The molecule has 0 radical (unpaired) electrons. The average Bonchev–Trinajstić information content (AvgIpc) is 2.84. The maximum atomic E-state index is 12.8. The summed E-state index contributed by atoms with van der Waals surface area (Å²) in [6, 6.07) is 7.10. The Kier molecular flexibility index (Phi) is 5.58. The second-order valence-electron chi connectivity index (χ2n) is 6.56. The number of benzene rings is 1. The van der Waals surface area contributed by atoms with Crippen molar-refractivity contribution in [3.05, 3.63) is 51.0 Å². The number of nitrogens with one attached hydrogen (secondary N) is 1. The number of hydrogen-bond donors (Lipinski definition) is 1. The summed E-state index contributed by atoms with van der Waals surface area (Å²) in [5.74, 6) is -0.227. The predicted octanol–water partition coefficient (Wildman–Crippen LogP) is 3.72. The Morgan fingerprint density at radius 3 is 2.37 bits per heavy atom. The number of aryl methyl sites for hydroxylation is 1. The number of amides is 1. The molecule has 27 heavy (non-hydrogen) atoms. The van der Waals surface area contributed by atoms with Crippen LogP contribution in [0.1, 0.15) is 20.8 Å². The predicted molar refractivity (Wildman–Crippen MR) is 108 cm³/mol. The van der Waals surface area contributed by atoms with Gasteiger partial charge >= 0.3 is 5.69 Å².